The van der Waals surface area contributed by atoms with Gasteiger partial charge in [-0.15, -0.1) is 0 Å². The molecule has 0 unspecified atom stereocenters. The normalized spacial score (nSPS) is 28.4. The number of amides is 2. The van der Waals surface area contributed by atoms with Crippen molar-refractivity contribution in [3.05, 3.63) is 34.5 Å². The standard InChI is InChI=1S/C15H18FN3O5/c1-8(20)17-10-6-23-15-11(7-24-14(10)15)18-12(21)5-19-4-9(16)2-3-13(19)22/h2-4,10-11,14-15H,5-7H2,1H3,(H,17,20)(H,18,21)/t10-,11-,14+,15+/m0/s1. The minimum Gasteiger partial charge on any atom is -0.371 e. The van der Waals surface area contributed by atoms with Crippen LogP contribution < -0.4 is 16.2 Å². The number of hydrogen-bond acceptors (Lipinski definition) is 5. The van der Waals surface area contributed by atoms with E-state index in [9.17, 15) is 18.8 Å². The van der Waals surface area contributed by atoms with Gasteiger partial charge < -0.3 is 24.7 Å². The highest BCUT2D eigenvalue weighted by Crippen LogP contribution is 2.27. The lowest BCUT2D eigenvalue weighted by molar-refractivity contribution is -0.123. The zero-order valence-electron chi connectivity index (χ0n) is 13.0. The maximum absolute atomic E-state index is 13.2. The van der Waals surface area contributed by atoms with Crippen LogP contribution in [0, 0.1) is 5.82 Å². The summed E-state index contributed by atoms with van der Waals surface area (Å²) in [6, 6.07) is 1.47. The lowest BCUT2D eigenvalue weighted by Crippen LogP contribution is -2.47. The number of nitrogens with zero attached hydrogens (tertiary/aromatic N) is 1. The average Bonchev–Trinajstić information content (AvgIpc) is 3.07. The second kappa shape index (κ2) is 6.70. The second-order valence-electron chi connectivity index (χ2n) is 5.89. The summed E-state index contributed by atoms with van der Waals surface area (Å²) in [6.45, 7) is 1.68. The highest BCUT2D eigenvalue weighted by atomic mass is 19.1. The molecule has 3 heterocycles. The molecular formula is C15H18FN3O5. The third kappa shape index (κ3) is 3.46. The van der Waals surface area contributed by atoms with Gasteiger partial charge in [-0.05, 0) is 6.07 Å². The van der Waals surface area contributed by atoms with Gasteiger partial charge in [-0.3, -0.25) is 14.4 Å². The van der Waals surface area contributed by atoms with Crippen molar-refractivity contribution in [1.82, 2.24) is 15.2 Å². The van der Waals surface area contributed by atoms with Gasteiger partial charge in [0.05, 0.1) is 25.3 Å². The molecule has 0 saturated carbocycles. The molecule has 2 aliphatic heterocycles. The number of rotatable bonds is 4. The predicted molar refractivity (Wildman–Crippen MR) is 79.7 cm³/mol. The number of ether oxygens (including phenoxy) is 2. The molecule has 8 nitrogen and oxygen atoms in total. The molecule has 130 valence electrons. The molecule has 2 saturated heterocycles. The molecule has 2 amide bonds. The molecule has 0 radical (unpaired) electrons. The fraction of sp³-hybridized carbons (Fsp3) is 0.533. The van der Waals surface area contributed by atoms with Crippen molar-refractivity contribution in [2.45, 2.75) is 37.8 Å². The first-order valence-corrected chi connectivity index (χ1v) is 7.59. The summed E-state index contributed by atoms with van der Waals surface area (Å²) in [5, 5.41) is 5.49. The van der Waals surface area contributed by atoms with E-state index < -0.39 is 17.3 Å². The zero-order valence-corrected chi connectivity index (χ0v) is 13.0. The van der Waals surface area contributed by atoms with Gasteiger partial charge in [-0.1, -0.05) is 0 Å². The fourth-order valence-electron chi connectivity index (χ4n) is 3.04. The molecule has 4 atom stereocenters. The SMILES string of the molecule is CC(=O)N[C@H]1CO[C@H]2[C@@H]1OC[C@@H]2NC(=O)Cn1cc(F)ccc1=O. The Morgan fingerprint density at radius 1 is 1.21 bits per heavy atom. The lowest BCUT2D eigenvalue weighted by atomic mass is 10.1. The average molecular weight is 339 g/mol. The zero-order chi connectivity index (χ0) is 17.3. The number of halogens is 1. The number of carbonyl (C=O) groups excluding carboxylic acids is 2. The number of nitrogens with one attached hydrogen (secondary N) is 2. The third-order valence-corrected chi connectivity index (χ3v) is 4.05. The minimum atomic E-state index is -0.594. The minimum absolute atomic E-state index is 0.175. The monoisotopic (exact) mass is 339 g/mol. The van der Waals surface area contributed by atoms with Crippen molar-refractivity contribution in [2.24, 2.45) is 0 Å². The molecule has 0 aromatic carbocycles. The molecule has 1 aromatic heterocycles. The Morgan fingerprint density at radius 2 is 1.83 bits per heavy atom. The molecule has 2 N–H and O–H groups in total. The van der Waals surface area contributed by atoms with Gasteiger partial charge in [0, 0.05) is 19.2 Å². The largest absolute Gasteiger partial charge is 0.371 e. The summed E-state index contributed by atoms with van der Waals surface area (Å²) < 4.78 is 25.4. The highest BCUT2D eigenvalue weighted by Gasteiger charge is 2.48. The molecule has 9 heteroatoms. The Labute approximate surface area is 136 Å². The second-order valence-corrected chi connectivity index (χ2v) is 5.89. The van der Waals surface area contributed by atoms with Gasteiger partial charge >= 0.3 is 0 Å². The first-order chi connectivity index (χ1) is 11.4. The molecule has 24 heavy (non-hydrogen) atoms. The van der Waals surface area contributed by atoms with Crippen LogP contribution in [0.5, 0.6) is 0 Å². The van der Waals surface area contributed by atoms with Crippen molar-refractivity contribution in [3.8, 4) is 0 Å². The van der Waals surface area contributed by atoms with Crippen molar-refractivity contribution in [1.29, 1.82) is 0 Å². The van der Waals surface area contributed by atoms with Crippen LogP contribution in [0.4, 0.5) is 4.39 Å². The highest BCUT2D eigenvalue weighted by molar-refractivity contribution is 5.76. The number of aromatic nitrogens is 1. The Morgan fingerprint density at radius 3 is 2.46 bits per heavy atom. The van der Waals surface area contributed by atoms with Crippen molar-refractivity contribution in [2.75, 3.05) is 13.2 Å². The Balaban J connectivity index is 1.59. The van der Waals surface area contributed by atoms with Gasteiger partial charge in [-0.2, -0.15) is 0 Å². The topological polar surface area (TPSA) is 98.7 Å². The van der Waals surface area contributed by atoms with Crippen LogP contribution in [-0.4, -0.2) is 53.9 Å². The van der Waals surface area contributed by atoms with E-state index in [-0.39, 0.29) is 43.4 Å². The van der Waals surface area contributed by atoms with Gasteiger partial charge in [0.25, 0.3) is 5.56 Å². The van der Waals surface area contributed by atoms with E-state index in [0.29, 0.717) is 6.61 Å². The van der Waals surface area contributed by atoms with Crippen LogP contribution in [-0.2, 0) is 25.6 Å². The van der Waals surface area contributed by atoms with E-state index >= 15 is 0 Å². The summed E-state index contributed by atoms with van der Waals surface area (Å²) in [5.41, 5.74) is -0.463. The fourth-order valence-corrected chi connectivity index (χ4v) is 3.04. The van der Waals surface area contributed by atoms with E-state index in [1.807, 2.05) is 0 Å². The maximum atomic E-state index is 13.2. The van der Waals surface area contributed by atoms with E-state index in [0.717, 1.165) is 22.9 Å². The maximum Gasteiger partial charge on any atom is 0.251 e. The first-order valence-electron chi connectivity index (χ1n) is 7.59. The Bertz CT molecular complexity index is 707. The van der Waals surface area contributed by atoms with Crippen molar-refractivity contribution >= 4 is 11.8 Å². The summed E-state index contributed by atoms with van der Waals surface area (Å²) >= 11 is 0. The Hall–Kier alpha value is -2.26. The van der Waals surface area contributed by atoms with Gasteiger partial charge in [0.1, 0.15) is 24.6 Å². The molecule has 2 aliphatic rings. The van der Waals surface area contributed by atoms with Crippen LogP contribution >= 0.6 is 0 Å². The van der Waals surface area contributed by atoms with E-state index in [2.05, 4.69) is 10.6 Å². The van der Waals surface area contributed by atoms with Crippen LogP contribution in [0.3, 0.4) is 0 Å². The van der Waals surface area contributed by atoms with Gasteiger partial charge in [0.2, 0.25) is 11.8 Å². The number of pyridine rings is 1. The molecule has 2 fully saturated rings. The summed E-state index contributed by atoms with van der Waals surface area (Å²) in [4.78, 5) is 34.9. The van der Waals surface area contributed by atoms with Crippen LogP contribution in [0.25, 0.3) is 0 Å². The lowest BCUT2D eigenvalue weighted by Gasteiger charge is -2.18. The predicted octanol–water partition coefficient (Wildman–Crippen LogP) is -1.23. The number of carbonyl (C=O) groups is 2. The van der Waals surface area contributed by atoms with Crippen LogP contribution in [0.2, 0.25) is 0 Å². The smallest absolute Gasteiger partial charge is 0.251 e. The summed E-state index contributed by atoms with van der Waals surface area (Å²) in [7, 11) is 0. The number of fused-ring (bicyclic) bond motifs is 1. The molecule has 3 rings (SSSR count). The molecular weight excluding hydrogens is 321 g/mol. The Kier molecular flexibility index (Phi) is 4.63. The van der Waals surface area contributed by atoms with Crippen molar-refractivity contribution < 1.29 is 23.5 Å². The molecule has 0 aliphatic carbocycles. The summed E-state index contributed by atoms with van der Waals surface area (Å²) in [5.74, 6) is -1.21. The first kappa shape index (κ1) is 16.6. The molecule has 0 bridgehead atoms. The van der Waals surface area contributed by atoms with Gasteiger partial charge in [-0.25, -0.2) is 4.39 Å². The van der Waals surface area contributed by atoms with E-state index in [4.69, 9.17) is 9.47 Å². The summed E-state index contributed by atoms with van der Waals surface area (Å²) in [6.07, 6.45) is 0.292. The van der Waals surface area contributed by atoms with E-state index in [1.165, 1.54) is 6.92 Å². The van der Waals surface area contributed by atoms with Gasteiger partial charge in [0.15, 0.2) is 0 Å². The van der Waals surface area contributed by atoms with Crippen LogP contribution in [0.15, 0.2) is 23.1 Å². The number of hydrogen-bond donors (Lipinski definition) is 2. The molecule has 0 spiro atoms. The van der Waals surface area contributed by atoms with Crippen molar-refractivity contribution in [3.63, 3.8) is 0 Å². The third-order valence-electron chi connectivity index (χ3n) is 4.05. The quantitative estimate of drug-likeness (QED) is 0.716. The molecule has 1 aromatic rings. The van der Waals surface area contributed by atoms with Crippen LogP contribution in [0.1, 0.15) is 6.92 Å². The van der Waals surface area contributed by atoms with E-state index in [1.54, 1.807) is 0 Å².